The number of nitrogens with two attached hydrogens (primary N) is 1. The van der Waals surface area contributed by atoms with Crippen molar-refractivity contribution in [2.45, 2.75) is 31.8 Å². The van der Waals surface area contributed by atoms with Crippen molar-refractivity contribution in [3.63, 3.8) is 0 Å². The fourth-order valence-electron chi connectivity index (χ4n) is 2.53. The summed E-state index contributed by atoms with van der Waals surface area (Å²) < 4.78 is 5.37. The summed E-state index contributed by atoms with van der Waals surface area (Å²) in [6.45, 7) is 0.618. The van der Waals surface area contributed by atoms with Crippen molar-refractivity contribution >= 4 is 17.2 Å². The average Bonchev–Trinajstić information content (AvgIpc) is 3.05. The second kappa shape index (κ2) is 5.19. The lowest BCUT2D eigenvalue weighted by atomic mass is 9.94. The zero-order valence-electron chi connectivity index (χ0n) is 10.5. The molecular formula is C14H16N2O2S. The number of carbonyl (C=O) groups excluding carboxylic acids is 1. The average molecular weight is 276 g/mol. The van der Waals surface area contributed by atoms with Crippen molar-refractivity contribution in [3.05, 3.63) is 45.5 Å². The van der Waals surface area contributed by atoms with Gasteiger partial charge in [-0.25, -0.2) is 0 Å². The van der Waals surface area contributed by atoms with Gasteiger partial charge < -0.3 is 15.5 Å². The molecule has 0 fully saturated rings. The number of thiophene rings is 1. The third-order valence-corrected chi connectivity index (χ3v) is 4.48. The Bertz CT molecular complexity index is 588. The van der Waals surface area contributed by atoms with Gasteiger partial charge in [0.05, 0.1) is 6.54 Å². The van der Waals surface area contributed by atoms with Gasteiger partial charge in [0, 0.05) is 10.9 Å². The molecule has 3 rings (SSSR count). The zero-order valence-corrected chi connectivity index (χ0v) is 11.3. The summed E-state index contributed by atoms with van der Waals surface area (Å²) in [7, 11) is 0. The Morgan fingerprint density at radius 2 is 2.37 bits per heavy atom. The summed E-state index contributed by atoms with van der Waals surface area (Å²) in [6.07, 6.45) is 3.56. The maximum absolute atomic E-state index is 11.0. The van der Waals surface area contributed by atoms with Gasteiger partial charge in [-0.05, 0) is 48.4 Å². The van der Waals surface area contributed by atoms with Crippen molar-refractivity contribution in [1.29, 1.82) is 0 Å². The monoisotopic (exact) mass is 276 g/mol. The Morgan fingerprint density at radius 1 is 1.47 bits per heavy atom. The van der Waals surface area contributed by atoms with Gasteiger partial charge in [0.2, 0.25) is 0 Å². The third kappa shape index (κ3) is 2.57. The van der Waals surface area contributed by atoms with Crippen LogP contribution in [0.3, 0.4) is 0 Å². The summed E-state index contributed by atoms with van der Waals surface area (Å²) >= 11 is 1.83. The summed E-state index contributed by atoms with van der Waals surface area (Å²) in [5.74, 6) is 0.442. The number of primary amides is 1. The van der Waals surface area contributed by atoms with Gasteiger partial charge in [0.1, 0.15) is 5.76 Å². The largest absolute Gasteiger partial charge is 0.455 e. The normalized spacial score (nSPS) is 18.2. The first-order chi connectivity index (χ1) is 9.24. The second-order valence-electron chi connectivity index (χ2n) is 4.76. The van der Waals surface area contributed by atoms with Crippen molar-refractivity contribution < 1.29 is 9.21 Å². The fraction of sp³-hybridized carbons (Fsp3) is 0.357. The molecule has 2 aromatic rings. The molecule has 1 atom stereocenters. The molecule has 2 heterocycles. The Hall–Kier alpha value is -1.59. The van der Waals surface area contributed by atoms with Crippen LogP contribution in [0.15, 0.2) is 28.0 Å². The third-order valence-electron chi connectivity index (χ3n) is 3.48. The molecule has 0 saturated heterocycles. The van der Waals surface area contributed by atoms with Crippen LogP contribution in [0.25, 0.3) is 0 Å². The van der Waals surface area contributed by atoms with E-state index in [0.717, 1.165) is 12.2 Å². The van der Waals surface area contributed by atoms with Crippen molar-refractivity contribution in [3.8, 4) is 0 Å². The van der Waals surface area contributed by atoms with Gasteiger partial charge in [-0.3, -0.25) is 4.79 Å². The van der Waals surface area contributed by atoms with E-state index in [1.807, 2.05) is 11.3 Å². The molecule has 0 unspecified atom stereocenters. The maximum atomic E-state index is 11.0. The minimum absolute atomic E-state index is 0.219. The van der Waals surface area contributed by atoms with Crippen LogP contribution in [0.2, 0.25) is 0 Å². The number of hydrogen-bond donors (Lipinski definition) is 2. The van der Waals surface area contributed by atoms with E-state index in [-0.39, 0.29) is 5.76 Å². The summed E-state index contributed by atoms with van der Waals surface area (Å²) in [4.78, 5) is 12.4. The molecule has 19 heavy (non-hydrogen) atoms. The van der Waals surface area contributed by atoms with Crippen LogP contribution in [0.5, 0.6) is 0 Å². The van der Waals surface area contributed by atoms with Crippen LogP contribution in [0.4, 0.5) is 0 Å². The van der Waals surface area contributed by atoms with Crippen molar-refractivity contribution in [1.82, 2.24) is 5.32 Å². The smallest absolute Gasteiger partial charge is 0.284 e. The number of aryl methyl sites for hydroxylation is 1. The lowest BCUT2D eigenvalue weighted by Gasteiger charge is -2.23. The van der Waals surface area contributed by atoms with E-state index in [9.17, 15) is 4.79 Å². The number of carbonyl (C=O) groups is 1. The molecule has 1 aliphatic carbocycles. The van der Waals surface area contributed by atoms with E-state index in [0.29, 0.717) is 12.6 Å². The van der Waals surface area contributed by atoms with Gasteiger partial charge in [0.15, 0.2) is 5.76 Å². The topological polar surface area (TPSA) is 68.3 Å². The molecule has 0 aromatic carbocycles. The molecule has 1 amide bonds. The molecule has 5 heteroatoms. The van der Waals surface area contributed by atoms with Crippen LogP contribution in [-0.4, -0.2) is 5.91 Å². The summed E-state index contributed by atoms with van der Waals surface area (Å²) in [5.41, 5.74) is 6.58. The molecule has 0 saturated carbocycles. The number of fused-ring (bicyclic) bond motifs is 1. The van der Waals surface area contributed by atoms with E-state index in [1.54, 1.807) is 12.1 Å². The number of nitrogens with one attached hydrogen (secondary N) is 1. The van der Waals surface area contributed by atoms with Gasteiger partial charge in [-0.1, -0.05) is 0 Å². The predicted octanol–water partition coefficient (Wildman–Crippen LogP) is 2.61. The molecule has 100 valence electrons. The first-order valence-electron chi connectivity index (χ1n) is 6.42. The Balaban J connectivity index is 1.65. The number of rotatable bonds is 4. The number of amides is 1. The summed E-state index contributed by atoms with van der Waals surface area (Å²) in [6, 6.07) is 6.01. The molecular weight excluding hydrogens is 260 g/mol. The Kier molecular flexibility index (Phi) is 3.40. The number of hydrogen-bond acceptors (Lipinski definition) is 4. The Labute approximate surface area is 115 Å². The standard InChI is InChI=1S/C14H16N2O2S/c15-14(17)12-5-4-9(18-12)8-16-11-2-1-3-13-10(11)6-7-19-13/h4-7,11,16H,1-3,8H2,(H2,15,17)/t11-/m0/s1. The first kappa shape index (κ1) is 12.4. The lowest BCUT2D eigenvalue weighted by Crippen LogP contribution is -2.23. The highest BCUT2D eigenvalue weighted by Gasteiger charge is 2.21. The quantitative estimate of drug-likeness (QED) is 0.902. The van der Waals surface area contributed by atoms with E-state index in [2.05, 4.69) is 16.8 Å². The SMILES string of the molecule is NC(=O)c1ccc(CN[C@H]2CCCc3sccc32)o1. The second-order valence-corrected chi connectivity index (χ2v) is 5.76. The molecule has 0 bridgehead atoms. The first-order valence-corrected chi connectivity index (χ1v) is 7.30. The van der Waals surface area contributed by atoms with E-state index < -0.39 is 5.91 Å². The highest BCUT2D eigenvalue weighted by molar-refractivity contribution is 7.10. The van der Waals surface area contributed by atoms with Crippen molar-refractivity contribution in [2.24, 2.45) is 5.73 Å². The van der Waals surface area contributed by atoms with Gasteiger partial charge in [-0.2, -0.15) is 0 Å². The Morgan fingerprint density at radius 3 is 3.16 bits per heavy atom. The van der Waals surface area contributed by atoms with Crippen LogP contribution in [0.1, 0.15) is 45.6 Å². The van der Waals surface area contributed by atoms with Gasteiger partial charge >= 0.3 is 0 Å². The van der Waals surface area contributed by atoms with Gasteiger partial charge in [-0.15, -0.1) is 11.3 Å². The molecule has 0 spiro atoms. The minimum Gasteiger partial charge on any atom is -0.455 e. The van der Waals surface area contributed by atoms with Crippen LogP contribution < -0.4 is 11.1 Å². The van der Waals surface area contributed by atoms with Gasteiger partial charge in [0.25, 0.3) is 5.91 Å². The highest BCUT2D eigenvalue weighted by Crippen LogP contribution is 2.33. The highest BCUT2D eigenvalue weighted by atomic mass is 32.1. The van der Waals surface area contributed by atoms with Crippen LogP contribution in [-0.2, 0) is 13.0 Å². The molecule has 4 nitrogen and oxygen atoms in total. The molecule has 2 aromatic heterocycles. The lowest BCUT2D eigenvalue weighted by molar-refractivity contribution is 0.0972. The maximum Gasteiger partial charge on any atom is 0.284 e. The molecule has 3 N–H and O–H groups in total. The summed E-state index contributed by atoms with van der Waals surface area (Å²) in [5, 5.41) is 5.65. The number of furan rings is 1. The van der Waals surface area contributed by atoms with Crippen LogP contribution in [0, 0.1) is 0 Å². The van der Waals surface area contributed by atoms with E-state index >= 15 is 0 Å². The van der Waals surface area contributed by atoms with E-state index in [4.69, 9.17) is 10.2 Å². The van der Waals surface area contributed by atoms with Crippen molar-refractivity contribution in [2.75, 3.05) is 0 Å². The molecule has 0 radical (unpaired) electrons. The minimum atomic E-state index is -0.524. The fourth-order valence-corrected chi connectivity index (χ4v) is 3.52. The molecule has 0 aliphatic heterocycles. The zero-order chi connectivity index (χ0) is 13.2. The molecule has 1 aliphatic rings. The van der Waals surface area contributed by atoms with Crippen LogP contribution >= 0.6 is 11.3 Å². The van der Waals surface area contributed by atoms with E-state index in [1.165, 1.54) is 23.3 Å². The predicted molar refractivity (Wildman–Crippen MR) is 74.1 cm³/mol.